The van der Waals surface area contributed by atoms with Crippen LogP contribution in [0.5, 0.6) is 0 Å². The van der Waals surface area contributed by atoms with Gasteiger partial charge in [-0.3, -0.25) is 9.10 Å². The molecule has 2 aromatic rings. The van der Waals surface area contributed by atoms with Crippen LogP contribution >= 0.6 is 0 Å². The van der Waals surface area contributed by atoms with E-state index in [4.69, 9.17) is 10.5 Å². The molecule has 1 aromatic heterocycles. The minimum absolute atomic E-state index is 0.116. The first-order valence-electron chi connectivity index (χ1n) is 12.4. The number of methoxy groups -OCH3 is 1. The molecule has 1 aliphatic carbocycles. The molecule has 3 unspecified atom stereocenters. The number of carbonyl (C=O) groups excluding carboxylic acids is 1. The van der Waals surface area contributed by atoms with Crippen LogP contribution in [0, 0.1) is 11.8 Å². The molecule has 0 spiro atoms. The van der Waals surface area contributed by atoms with E-state index in [0.717, 1.165) is 22.5 Å². The number of alkyl halides is 1. The van der Waals surface area contributed by atoms with E-state index in [9.17, 15) is 17.6 Å². The second-order valence-electron chi connectivity index (χ2n) is 9.80. The predicted molar refractivity (Wildman–Crippen MR) is 144 cm³/mol. The first-order chi connectivity index (χ1) is 17.5. The van der Waals surface area contributed by atoms with Gasteiger partial charge in [-0.05, 0) is 42.4 Å². The molecule has 11 heteroatoms. The average molecular weight is 536 g/mol. The lowest BCUT2D eigenvalue weighted by Gasteiger charge is -2.27. The minimum atomic E-state index is -3.63. The number of benzene rings is 1. The maximum atomic E-state index is 13.6. The Kier molecular flexibility index (Phi) is 9.86. The smallest absolute Gasteiger partial charge is 0.251 e. The number of sulfonamides is 1. The lowest BCUT2D eigenvalue weighted by molar-refractivity contribution is 0.0928. The Morgan fingerprint density at radius 1 is 1.27 bits per heavy atom. The second kappa shape index (κ2) is 12.7. The Labute approximate surface area is 219 Å². The number of pyridine rings is 1. The SMILES string of the molecule is COCCN(CC1CC1C)c1cc(C(=O)N[C@@H](Cc2ccccc2)C(N)CF)cc(N(C)S(C)(=O)=O)n1. The number of halogens is 1. The van der Waals surface area contributed by atoms with Crippen LogP contribution in [-0.2, 0) is 21.2 Å². The maximum Gasteiger partial charge on any atom is 0.251 e. The molecule has 1 heterocycles. The molecule has 1 amide bonds. The zero-order valence-electron chi connectivity index (χ0n) is 21.9. The highest BCUT2D eigenvalue weighted by Gasteiger charge is 2.34. The molecule has 0 aliphatic heterocycles. The standard InChI is InChI=1S/C26H38FN5O4S/c1-18-12-21(18)17-32(10-11-36-3)25-15-20(14-24(30-25)31(2)37(4,34)35)26(33)29-23(22(28)16-27)13-19-8-6-5-7-9-19/h5-9,14-15,18,21-23H,10-13,16-17,28H2,1-4H3,(H,29,33)/t18?,21?,22?,23-/m0/s1. The van der Waals surface area contributed by atoms with E-state index >= 15 is 0 Å². The summed E-state index contributed by atoms with van der Waals surface area (Å²) in [5, 5.41) is 2.86. The highest BCUT2D eigenvalue weighted by atomic mass is 32.2. The fourth-order valence-electron chi connectivity index (χ4n) is 4.10. The van der Waals surface area contributed by atoms with E-state index in [1.807, 2.05) is 35.2 Å². The fourth-order valence-corrected chi connectivity index (χ4v) is 4.53. The van der Waals surface area contributed by atoms with Gasteiger partial charge >= 0.3 is 0 Å². The number of carbonyl (C=O) groups is 1. The number of amides is 1. The number of aromatic nitrogens is 1. The molecule has 3 N–H and O–H groups in total. The molecule has 4 atom stereocenters. The number of ether oxygens (including phenoxy) is 1. The molecular weight excluding hydrogens is 497 g/mol. The summed E-state index contributed by atoms with van der Waals surface area (Å²) in [7, 11) is -0.630. The van der Waals surface area contributed by atoms with Gasteiger partial charge in [-0.2, -0.15) is 0 Å². The van der Waals surface area contributed by atoms with Crippen LogP contribution < -0.4 is 20.3 Å². The monoisotopic (exact) mass is 535 g/mol. The molecule has 0 radical (unpaired) electrons. The molecule has 0 bridgehead atoms. The Bertz CT molecular complexity index is 1150. The highest BCUT2D eigenvalue weighted by molar-refractivity contribution is 7.92. The van der Waals surface area contributed by atoms with E-state index in [0.29, 0.717) is 43.8 Å². The van der Waals surface area contributed by atoms with Crippen LogP contribution in [0.25, 0.3) is 0 Å². The van der Waals surface area contributed by atoms with Gasteiger partial charge in [0.1, 0.15) is 18.3 Å². The maximum absolute atomic E-state index is 13.6. The normalized spacial score (nSPS) is 18.6. The van der Waals surface area contributed by atoms with Crippen molar-refractivity contribution in [3.63, 3.8) is 0 Å². The molecule has 1 fully saturated rings. The molecular formula is C26H38FN5O4S. The van der Waals surface area contributed by atoms with Crippen molar-refractivity contribution in [1.29, 1.82) is 0 Å². The summed E-state index contributed by atoms with van der Waals surface area (Å²) in [5.41, 5.74) is 7.15. The molecule has 204 valence electrons. The highest BCUT2D eigenvalue weighted by Crippen LogP contribution is 2.39. The van der Waals surface area contributed by atoms with E-state index in [1.54, 1.807) is 13.2 Å². The number of anilines is 2. The number of hydrogen-bond acceptors (Lipinski definition) is 7. The third-order valence-corrected chi connectivity index (χ3v) is 7.99. The Balaban J connectivity index is 1.95. The lowest BCUT2D eigenvalue weighted by Crippen LogP contribution is -2.50. The molecule has 0 saturated heterocycles. The summed E-state index contributed by atoms with van der Waals surface area (Å²) in [4.78, 5) is 20.0. The van der Waals surface area contributed by atoms with Gasteiger partial charge in [-0.1, -0.05) is 37.3 Å². The third-order valence-electron chi connectivity index (χ3n) is 6.81. The predicted octanol–water partition coefficient (Wildman–Crippen LogP) is 2.22. The zero-order chi connectivity index (χ0) is 27.2. The number of nitrogens with two attached hydrogens (primary N) is 1. The Morgan fingerprint density at radius 3 is 2.49 bits per heavy atom. The summed E-state index contributed by atoms with van der Waals surface area (Å²) < 4.78 is 44.5. The van der Waals surface area contributed by atoms with Crippen molar-refractivity contribution in [3.05, 3.63) is 53.6 Å². The van der Waals surface area contributed by atoms with Gasteiger partial charge in [0.05, 0.1) is 24.9 Å². The van der Waals surface area contributed by atoms with E-state index < -0.39 is 34.7 Å². The van der Waals surface area contributed by atoms with Crippen LogP contribution in [0.3, 0.4) is 0 Å². The topological polar surface area (TPSA) is 118 Å². The van der Waals surface area contributed by atoms with Crippen LogP contribution in [0.4, 0.5) is 16.0 Å². The van der Waals surface area contributed by atoms with E-state index in [-0.39, 0.29) is 11.4 Å². The zero-order valence-corrected chi connectivity index (χ0v) is 22.7. The van der Waals surface area contributed by atoms with Crippen molar-refractivity contribution in [2.75, 3.05) is 56.0 Å². The number of nitrogens with zero attached hydrogens (tertiary/aromatic N) is 3. The number of hydrogen-bond donors (Lipinski definition) is 2. The lowest BCUT2D eigenvalue weighted by atomic mass is 10.00. The summed E-state index contributed by atoms with van der Waals surface area (Å²) in [5.74, 6) is 1.19. The summed E-state index contributed by atoms with van der Waals surface area (Å²) in [6.07, 6.45) is 2.53. The van der Waals surface area contributed by atoms with Crippen LogP contribution in [0.15, 0.2) is 42.5 Å². The second-order valence-corrected chi connectivity index (χ2v) is 11.8. The third kappa shape index (κ3) is 8.11. The molecule has 1 aliphatic rings. The van der Waals surface area contributed by atoms with E-state index in [2.05, 4.69) is 17.2 Å². The quantitative estimate of drug-likeness (QED) is 0.381. The number of rotatable bonds is 14. The molecule has 3 rings (SSSR count). The van der Waals surface area contributed by atoms with Crippen LogP contribution in [0.2, 0.25) is 0 Å². The van der Waals surface area contributed by atoms with Crippen molar-refractivity contribution in [2.45, 2.75) is 31.8 Å². The van der Waals surface area contributed by atoms with Crippen molar-refractivity contribution in [2.24, 2.45) is 17.6 Å². The Hall–Kier alpha value is -2.76. The first-order valence-corrected chi connectivity index (χ1v) is 14.2. The van der Waals surface area contributed by atoms with Gasteiger partial charge in [0.15, 0.2) is 0 Å². The first kappa shape index (κ1) is 28.8. The van der Waals surface area contributed by atoms with Gasteiger partial charge in [0, 0.05) is 32.8 Å². The Morgan fingerprint density at radius 2 is 1.92 bits per heavy atom. The van der Waals surface area contributed by atoms with Crippen molar-refractivity contribution >= 4 is 27.6 Å². The van der Waals surface area contributed by atoms with Crippen molar-refractivity contribution in [1.82, 2.24) is 10.3 Å². The van der Waals surface area contributed by atoms with Gasteiger partial charge in [-0.15, -0.1) is 0 Å². The molecule has 37 heavy (non-hydrogen) atoms. The molecule has 9 nitrogen and oxygen atoms in total. The largest absolute Gasteiger partial charge is 0.383 e. The molecule has 1 saturated carbocycles. The van der Waals surface area contributed by atoms with Crippen LogP contribution in [0.1, 0.15) is 29.3 Å². The summed E-state index contributed by atoms with van der Waals surface area (Å²) >= 11 is 0. The average Bonchev–Trinajstić information content (AvgIpc) is 3.58. The summed E-state index contributed by atoms with van der Waals surface area (Å²) in [6, 6.07) is 10.9. The number of nitrogens with one attached hydrogen (secondary N) is 1. The van der Waals surface area contributed by atoms with E-state index in [1.165, 1.54) is 13.1 Å². The van der Waals surface area contributed by atoms with Crippen molar-refractivity contribution < 1.29 is 22.3 Å². The van der Waals surface area contributed by atoms with Gasteiger partial charge in [0.25, 0.3) is 5.91 Å². The van der Waals surface area contributed by atoms with Crippen LogP contribution in [-0.4, -0.2) is 78.2 Å². The van der Waals surface area contributed by atoms with Gasteiger partial charge in [-0.25, -0.2) is 17.8 Å². The van der Waals surface area contributed by atoms with Gasteiger partial charge < -0.3 is 20.7 Å². The summed E-state index contributed by atoms with van der Waals surface area (Å²) in [6.45, 7) is 3.07. The fraction of sp³-hybridized carbons (Fsp3) is 0.538. The van der Waals surface area contributed by atoms with Gasteiger partial charge in [0.2, 0.25) is 10.0 Å². The minimum Gasteiger partial charge on any atom is -0.383 e. The van der Waals surface area contributed by atoms with Crippen molar-refractivity contribution in [3.8, 4) is 0 Å². The molecule has 1 aromatic carbocycles.